The molecule has 0 amide bonds. The second-order valence-corrected chi connectivity index (χ2v) is 21.2. The van der Waals surface area contributed by atoms with Crippen LogP contribution in [0, 0.1) is 45.8 Å². The molecule has 0 radical (unpaired) electrons. The number of carbonyl (C=O) groups excluding carboxylic acids is 1. The van der Waals surface area contributed by atoms with Crippen LogP contribution in [0.2, 0.25) is 0 Å². The lowest BCUT2D eigenvalue weighted by Gasteiger charge is -2.67. The van der Waals surface area contributed by atoms with Crippen molar-refractivity contribution in [2.75, 3.05) is 7.11 Å². The van der Waals surface area contributed by atoms with Crippen molar-refractivity contribution in [3.05, 3.63) is 70.7 Å². The molecule has 5 aromatic rings. The lowest BCUT2D eigenvalue weighted by molar-refractivity contribution is -0.233. The van der Waals surface area contributed by atoms with E-state index in [1.54, 1.807) is 23.9 Å². The number of ether oxygens (including phenoxy) is 2. The first-order valence-electron chi connectivity index (χ1n) is 22.5. The van der Waals surface area contributed by atoms with Crippen LogP contribution in [0.4, 0.5) is 0 Å². The summed E-state index contributed by atoms with van der Waals surface area (Å²) in [6.07, 6.45) is 10.4. The van der Waals surface area contributed by atoms with Gasteiger partial charge in [0.25, 0.3) is 5.56 Å². The van der Waals surface area contributed by atoms with Crippen molar-refractivity contribution < 1.29 is 34.0 Å². The van der Waals surface area contributed by atoms with Gasteiger partial charge in [-0.25, -0.2) is 9.97 Å². The number of hydrogen-bond donors (Lipinski definition) is 3. The number of aliphatic hydroxyl groups is 3. The molecule has 3 aromatic heterocycles. The molecule has 0 saturated heterocycles. The van der Waals surface area contributed by atoms with Crippen LogP contribution >= 0.6 is 11.3 Å². The van der Waals surface area contributed by atoms with Gasteiger partial charge in [0.05, 0.1) is 48.2 Å². The predicted octanol–water partition coefficient (Wildman–Crippen LogP) is 8.87. The number of aromatic nitrogens is 3. The number of carbonyl (C=O) groups is 1. The van der Waals surface area contributed by atoms with Crippen LogP contribution in [0.3, 0.4) is 0 Å². The van der Waals surface area contributed by atoms with Crippen molar-refractivity contribution in [3.8, 4) is 22.9 Å². The molecule has 5 saturated carbocycles. The minimum absolute atomic E-state index is 0.0360. The van der Waals surface area contributed by atoms with Crippen LogP contribution in [-0.2, 0) is 11.3 Å². The maximum absolute atomic E-state index is 14.6. The number of nitrogens with zero attached hydrogens (tertiary/aromatic N) is 3. The Kier molecular flexibility index (Phi) is 10.1. The molecule has 5 aliphatic carbocycles. The Hall–Kier alpha value is -4.10. The van der Waals surface area contributed by atoms with Crippen molar-refractivity contribution in [2.24, 2.45) is 45.8 Å². The first-order chi connectivity index (χ1) is 29.2. The Morgan fingerprint density at radius 3 is 2.62 bits per heavy atom. The highest BCUT2D eigenvalue weighted by molar-refractivity contribution is 7.25. The van der Waals surface area contributed by atoms with Crippen molar-refractivity contribution in [2.45, 2.75) is 129 Å². The van der Waals surface area contributed by atoms with E-state index in [1.807, 2.05) is 30.3 Å². The molecule has 11 nitrogen and oxygen atoms in total. The Labute approximate surface area is 360 Å². The molecule has 2 aromatic carbocycles. The minimum Gasteiger partial charge on any atom is -0.497 e. The molecule has 0 bridgehead atoms. The van der Waals surface area contributed by atoms with Gasteiger partial charge < -0.3 is 29.2 Å². The van der Waals surface area contributed by atoms with E-state index in [-0.39, 0.29) is 76.4 Å². The second-order valence-electron chi connectivity index (χ2n) is 20.2. The molecule has 0 aliphatic heterocycles. The molecule has 0 unspecified atom stereocenters. The smallest absolute Gasteiger partial charge is 0.311 e. The number of benzene rings is 2. The summed E-state index contributed by atoms with van der Waals surface area (Å²) in [5, 5.41) is 35.8. The van der Waals surface area contributed by atoms with Crippen molar-refractivity contribution in [1.29, 1.82) is 0 Å². The SMILES string of the molecule is COc1ccc(-c2nc3sc4c(OC(=O)CC[C@@H](C)[C@H]5CC[C@H]6[C@@H]7[C@H](O)C[C@]8(C)C[C@H](O)CC[C@]8(C)[C@H]7C[C@H](O)[C@]56C)cccc4c3c(=O)n2Cc2cnco2)c(C2CC2)c1. The van der Waals surface area contributed by atoms with Gasteiger partial charge in [0.15, 0.2) is 6.39 Å². The number of rotatable bonds is 10. The Morgan fingerprint density at radius 2 is 1.87 bits per heavy atom. The van der Waals surface area contributed by atoms with Gasteiger partial charge in [-0.05, 0) is 146 Å². The van der Waals surface area contributed by atoms with Gasteiger partial charge in [0.1, 0.15) is 27.9 Å². The lowest BCUT2D eigenvalue weighted by atomic mass is 9.39. The molecule has 3 N–H and O–H groups in total. The number of aliphatic hydroxyl groups excluding tert-OH is 3. The molecule has 11 atom stereocenters. The molecule has 324 valence electrons. The molecule has 0 spiro atoms. The highest BCUT2D eigenvalue weighted by atomic mass is 32.1. The van der Waals surface area contributed by atoms with Gasteiger partial charge in [-0.3, -0.25) is 14.2 Å². The van der Waals surface area contributed by atoms with E-state index in [4.69, 9.17) is 18.9 Å². The topological polar surface area (TPSA) is 157 Å². The van der Waals surface area contributed by atoms with Gasteiger partial charge in [-0.2, -0.15) is 0 Å². The van der Waals surface area contributed by atoms with Crippen LogP contribution in [0.15, 0.2) is 58.2 Å². The Bertz CT molecular complexity index is 2550. The zero-order chi connectivity index (χ0) is 42.6. The van der Waals surface area contributed by atoms with Crippen LogP contribution in [0.25, 0.3) is 31.7 Å². The van der Waals surface area contributed by atoms with Crippen molar-refractivity contribution in [3.63, 3.8) is 0 Å². The summed E-state index contributed by atoms with van der Waals surface area (Å²) in [5.41, 5.74) is 1.22. The highest BCUT2D eigenvalue weighted by Gasteiger charge is 2.68. The van der Waals surface area contributed by atoms with Crippen LogP contribution in [0.1, 0.15) is 116 Å². The molecule has 3 heterocycles. The van der Waals surface area contributed by atoms with Gasteiger partial charge in [-0.1, -0.05) is 39.8 Å². The molecule has 10 rings (SSSR count). The highest BCUT2D eigenvalue weighted by Crippen LogP contribution is 2.71. The maximum Gasteiger partial charge on any atom is 0.311 e. The summed E-state index contributed by atoms with van der Waals surface area (Å²) in [6.45, 7) is 9.24. The number of methoxy groups -OCH3 is 1. The van der Waals surface area contributed by atoms with Crippen LogP contribution < -0.4 is 15.0 Å². The Balaban J connectivity index is 0.895. The summed E-state index contributed by atoms with van der Waals surface area (Å²) >= 11 is 1.36. The summed E-state index contributed by atoms with van der Waals surface area (Å²) < 4.78 is 19.7. The summed E-state index contributed by atoms with van der Waals surface area (Å²) in [7, 11) is 1.65. The first-order valence-corrected chi connectivity index (χ1v) is 23.3. The maximum atomic E-state index is 14.6. The average molecular weight is 850 g/mol. The monoisotopic (exact) mass is 849 g/mol. The van der Waals surface area contributed by atoms with Crippen LogP contribution in [0.5, 0.6) is 11.5 Å². The van der Waals surface area contributed by atoms with Crippen LogP contribution in [-0.4, -0.2) is 61.2 Å². The molecule has 12 heteroatoms. The number of fused-ring (bicyclic) bond motifs is 8. The zero-order valence-electron chi connectivity index (χ0n) is 35.9. The van der Waals surface area contributed by atoms with E-state index in [1.165, 1.54) is 17.7 Å². The molecular formula is C49H59N3O8S. The van der Waals surface area contributed by atoms with Crippen molar-refractivity contribution in [1.82, 2.24) is 14.5 Å². The number of esters is 1. The van der Waals surface area contributed by atoms with E-state index >= 15 is 0 Å². The van der Waals surface area contributed by atoms with Gasteiger partial charge >= 0.3 is 5.97 Å². The lowest BCUT2D eigenvalue weighted by Crippen LogP contribution is -2.65. The van der Waals surface area contributed by atoms with E-state index in [0.29, 0.717) is 69.2 Å². The summed E-state index contributed by atoms with van der Waals surface area (Å²) in [4.78, 5) is 38.2. The first kappa shape index (κ1) is 40.9. The summed E-state index contributed by atoms with van der Waals surface area (Å²) in [5.74, 6) is 3.18. The van der Waals surface area contributed by atoms with E-state index in [9.17, 15) is 24.9 Å². The van der Waals surface area contributed by atoms with E-state index < -0.39 is 12.2 Å². The van der Waals surface area contributed by atoms with Gasteiger partial charge in [0.2, 0.25) is 0 Å². The number of oxazole rings is 1. The van der Waals surface area contributed by atoms with E-state index in [2.05, 4.69) is 32.7 Å². The van der Waals surface area contributed by atoms with Crippen molar-refractivity contribution >= 4 is 37.6 Å². The molecule has 5 aliphatic rings. The summed E-state index contributed by atoms with van der Waals surface area (Å²) in [6, 6.07) is 11.4. The zero-order valence-corrected chi connectivity index (χ0v) is 36.7. The number of hydrogen-bond acceptors (Lipinski definition) is 11. The normalized spacial score (nSPS) is 33.9. The fourth-order valence-electron chi connectivity index (χ4n) is 13.6. The van der Waals surface area contributed by atoms with E-state index in [0.717, 1.165) is 55.4 Å². The number of thiophene rings is 1. The Morgan fingerprint density at radius 1 is 1.05 bits per heavy atom. The molecular weight excluding hydrogens is 791 g/mol. The standard InChI is InChI=1S/C49H59N3O8S/c1-26(34-14-15-35-42-36(20-39(55)49(34,35)4)48(3)18-17-28(53)21-47(48,2)22-37(42)54)9-16-40(56)60-38-8-6-7-32-41-45(61-43(32)38)51-44(52(46(41)57)24-30-23-50-25-59-30)31-13-12-29(58-5)19-33(31)27-10-11-27/h6-8,12-13,19,23,25-28,34-37,39,42,53-55H,9-11,14-18,20-22,24H2,1-5H3/t26-,28-,34-,35+,36+,37-,39+,42+,47+,48-,49-/m1/s1. The third-order valence-corrected chi connectivity index (χ3v) is 18.2. The fraction of sp³-hybridized carbons (Fsp3) is 0.592. The molecule has 5 fully saturated rings. The predicted molar refractivity (Wildman–Crippen MR) is 234 cm³/mol. The van der Waals surface area contributed by atoms with Gasteiger partial charge in [0, 0.05) is 17.4 Å². The molecule has 61 heavy (non-hydrogen) atoms. The van der Waals surface area contributed by atoms with Gasteiger partial charge in [-0.15, -0.1) is 11.3 Å². The largest absolute Gasteiger partial charge is 0.497 e. The second kappa shape index (κ2) is 15.0. The quantitative estimate of drug-likeness (QED) is 0.0916. The fourth-order valence-corrected chi connectivity index (χ4v) is 14.7. The average Bonchev–Trinajstić information content (AvgIpc) is 3.62. The third-order valence-electron chi connectivity index (χ3n) is 17.1. The third kappa shape index (κ3) is 6.51. The minimum atomic E-state index is -0.496.